The van der Waals surface area contributed by atoms with Gasteiger partial charge in [-0.05, 0) is 31.9 Å². The van der Waals surface area contributed by atoms with Crippen LogP contribution in [0.1, 0.15) is 56.3 Å². The Labute approximate surface area is 202 Å². The van der Waals surface area contributed by atoms with Crippen LogP contribution in [0.4, 0.5) is 17.2 Å². The lowest BCUT2D eigenvalue weighted by Crippen LogP contribution is -2.62. The number of amides is 3. The molecule has 0 spiro atoms. The van der Waals surface area contributed by atoms with Gasteiger partial charge in [-0.15, -0.1) is 0 Å². The molecule has 1 atom stereocenters. The molecule has 1 saturated heterocycles. The Hall–Kier alpha value is -3.89. The first-order chi connectivity index (χ1) is 16.6. The van der Waals surface area contributed by atoms with Gasteiger partial charge in [0, 0.05) is 33.0 Å². The van der Waals surface area contributed by atoms with Crippen molar-refractivity contribution >= 4 is 34.9 Å². The van der Waals surface area contributed by atoms with Crippen LogP contribution in [0.2, 0.25) is 0 Å². The Morgan fingerprint density at radius 3 is 2.60 bits per heavy atom. The number of nitrogens with two attached hydrogens (primary N) is 1. The summed E-state index contributed by atoms with van der Waals surface area (Å²) in [7, 11) is 1.42. The fourth-order valence-corrected chi connectivity index (χ4v) is 4.98. The molecule has 1 unspecified atom stereocenters. The van der Waals surface area contributed by atoms with Crippen molar-refractivity contribution in [3.63, 3.8) is 0 Å². The van der Waals surface area contributed by atoms with E-state index < -0.39 is 22.8 Å². The van der Waals surface area contributed by atoms with E-state index in [-0.39, 0.29) is 36.3 Å². The Bertz CT molecular complexity index is 1310. The number of nitrogens with zero attached hydrogens (tertiary/aromatic N) is 4. The second kappa shape index (κ2) is 9.05. The van der Waals surface area contributed by atoms with Crippen molar-refractivity contribution in [3.05, 3.63) is 50.7 Å². The molecule has 11 heteroatoms. The molecule has 11 nitrogen and oxygen atoms in total. The fraction of sp³-hybridized carbons (Fsp3) is 0.458. The molecular formula is C24H30N6O5. The minimum Gasteiger partial charge on any atom is -0.383 e. The van der Waals surface area contributed by atoms with Crippen molar-refractivity contribution in [3.8, 4) is 0 Å². The zero-order chi connectivity index (χ0) is 25.5. The van der Waals surface area contributed by atoms with E-state index in [0.29, 0.717) is 37.1 Å². The smallest absolute Gasteiger partial charge is 0.330 e. The summed E-state index contributed by atoms with van der Waals surface area (Å²) in [4.78, 5) is 70.5. The molecule has 35 heavy (non-hydrogen) atoms. The van der Waals surface area contributed by atoms with Gasteiger partial charge in [0.25, 0.3) is 11.5 Å². The Kier molecular flexibility index (Phi) is 6.27. The second-order valence-electron chi connectivity index (χ2n) is 9.12. The van der Waals surface area contributed by atoms with Gasteiger partial charge in [-0.1, -0.05) is 25.5 Å². The van der Waals surface area contributed by atoms with Crippen LogP contribution in [-0.4, -0.2) is 51.4 Å². The molecule has 2 aliphatic rings. The molecule has 4 rings (SSSR count). The van der Waals surface area contributed by atoms with E-state index in [1.165, 1.54) is 11.6 Å². The number of carbonyl (C=O) groups is 3. The minimum atomic E-state index is -0.884. The average Bonchev–Trinajstić information content (AvgIpc) is 3.13. The number of nitrogen functional groups attached to an aromatic ring is 1. The zero-order valence-electron chi connectivity index (χ0n) is 20.2. The number of hydrogen-bond acceptors (Lipinski definition) is 6. The maximum Gasteiger partial charge on any atom is 0.330 e. The summed E-state index contributed by atoms with van der Waals surface area (Å²) in [5, 5.41) is 0. The lowest BCUT2D eigenvalue weighted by atomic mass is 9.98. The van der Waals surface area contributed by atoms with E-state index in [9.17, 15) is 24.0 Å². The number of unbranched alkanes of at least 4 members (excludes halogenated alkanes) is 1. The summed E-state index contributed by atoms with van der Waals surface area (Å²) in [5.41, 5.74) is 4.75. The van der Waals surface area contributed by atoms with Gasteiger partial charge in [0.05, 0.1) is 11.3 Å². The number of anilines is 3. The SMILES string of the molecule is CCCCn1c(N)c(N(C)C(=O)CCN2C(=O)c3ccccc3N3C(=O)CCC23C)c(=O)[nH]c1=O. The molecular weight excluding hydrogens is 452 g/mol. The number of aromatic amines is 1. The topological polar surface area (TPSA) is 142 Å². The van der Waals surface area contributed by atoms with Crippen LogP contribution < -0.4 is 26.8 Å². The molecule has 0 aliphatic carbocycles. The maximum atomic E-state index is 13.4. The molecule has 0 bridgehead atoms. The van der Waals surface area contributed by atoms with Gasteiger partial charge < -0.3 is 15.5 Å². The maximum absolute atomic E-state index is 13.4. The van der Waals surface area contributed by atoms with E-state index in [2.05, 4.69) is 4.98 Å². The first kappa shape index (κ1) is 24.2. The van der Waals surface area contributed by atoms with Crippen LogP contribution in [0.3, 0.4) is 0 Å². The number of H-pyrrole nitrogens is 1. The van der Waals surface area contributed by atoms with Crippen molar-refractivity contribution in [2.45, 2.75) is 58.2 Å². The van der Waals surface area contributed by atoms with Crippen LogP contribution in [0.25, 0.3) is 0 Å². The van der Waals surface area contributed by atoms with Crippen LogP contribution in [0.15, 0.2) is 33.9 Å². The predicted octanol–water partition coefficient (Wildman–Crippen LogP) is 1.27. The normalized spacial score (nSPS) is 19.1. The zero-order valence-corrected chi connectivity index (χ0v) is 20.2. The highest BCUT2D eigenvalue weighted by Gasteiger charge is 2.52. The number of para-hydroxylation sites is 1. The lowest BCUT2D eigenvalue weighted by molar-refractivity contribution is -0.118. The molecule has 1 fully saturated rings. The lowest BCUT2D eigenvalue weighted by Gasteiger charge is -2.48. The van der Waals surface area contributed by atoms with Crippen LogP contribution in [0, 0.1) is 0 Å². The van der Waals surface area contributed by atoms with Crippen molar-refractivity contribution in [2.24, 2.45) is 0 Å². The first-order valence-corrected chi connectivity index (χ1v) is 11.7. The Balaban J connectivity index is 1.59. The van der Waals surface area contributed by atoms with Crippen LogP contribution >= 0.6 is 0 Å². The number of aromatic nitrogens is 2. The van der Waals surface area contributed by atoms with E-state index in [4.69, 9.17) is 5.73 Å². The molecule has 1 aromatic carbocycles. The van der Waals surface area contributed by atoms with Crippen molar-refractivity contribution in [1.82, 2.24) is 14.5 Å². The number of nitrogens with one attached hydrogen (secondary N) is 1. The number of fused-ring (bicyclic) bond motifs is 3. The molecule has 186 valence electrons. The molecule has 2 aromatic rings. The summed E-state index contributed by atoms with van der Waals surface area (Å²) in [5.74, 6) is -0.857. The van der Waals surface area contributed by atoms with Crippen molar-refractivity contribution in [2.75, 3.05) is 29.1 Å². The Morgan fingerprint density at radius 2 is 1.89 bits per heavy atom. The van der Waals surface area contributed by atoms with Gasteiger partial charge in [-0.2, -0.15) is 0 Å². The van der Waals surface area contributed by atoms with Crippen molar-refractivity contribution in [1.29, 1.82) is 0 Å². The molecule has 3 heterocycles. The average molecular weight is 483 g/mol. The second-order valence-corrected chi connectivity index (χ2v) is 9.12. The van der Waals surface area contributed by atoms with Gasteiger partial charge >= 0.3 is 5.69 Å². The number of rotatable bonds is 7. The number of carbonyl (C=O) groups excluding carboxylic acids is 3. The summed E-state index contributed by atoms with van der Waals surface area (Å²) >= 11 is 0. The quantitative estimate of drug-likeness (QED) is 0.609. The van der Waals surface area contributed by atoms with E-state index >= 15 is 0 Å². The van der Waals surface area contributed by atoms with Crippen LogP contribution in [0.5, 0.6) is 0 Å². The fourth-order valence-electron chi connectivity index (χ4n) is 4.98. The van der Waals surface area contributed by atoms with Crippen LogP contribution in [-0.2, 0) is 16.1 Å². The van der Waals surface area contributed by atoms with E-state index in [0.717, 1.165) is 11.3 Å². The Morgan fingerprint density at radius 1 is 1.17 bits per heavy atom. The van der Waals surface area contributed by atoms with E-state index in [1.807, 2.05) is 13.8 Å². The molecule has 0 radical (unpaired) electrons. The van der Waals surface area contributed by atoms with Gasteiger partial charge in [-0.25, -0.2) is 4.79 Å². The highest BCUT2D eigenvalue weighted by Crippen LogP contribution is 2.44. The first-order valence-electron chi connectivity index (χ1n) is 11.7. The molecule has 3 N–H and O–H groups in total. The monoisotopic (exact) mass is 482 g/mol. The largest absolute Gasteiger partial charge is 0.383 e. The van der Waals surface area contributed by atoms with Gasteiger partial charge in [0.1, 0.15) is 11.5 Å². The summed E-state index contributed by atoms with van der Waals surface area (Å²) in [6.45, 7) is 4.15. The highest BCUT2D eigenvalue weighted by molar-refractivity contribution is 6.10. The predicted molar refractivity (Wildman–Crippen MR) is 131 cm³/mol. The number of benzene rings is 1. The summed E-state index contributed by atoms with van der Waals surface area (Å²) in [6.07, 6.45) is 2.15. The van der Waals surface area contributed by atoms with Crippen molar-refractivity contribution < 1.29 is 14.4 Å². The van der Waals surface area contributed by atoms with Gasteiger partial charge in [0.15, 0.2) is 5.69 Å². The number of hydrogen-bond donors (Lipinski definition) is 2. The summed E-state index contributed by atoms with van der Waals surface area (Å²) < 4.78 is 1.25. The third-order valence-corrected chi connectivity index (χ3v) is 6.95. The third kappa shape index (κ3) is 3.90. The molecule has 3 amide bonds. The van der Waals surface area contributed by atoms with Gasteiger partial charge in [0.2, 0.25) is 11.8 Å². The third-order valence-electron chi connectivity index (χ3n) is 6.95. The summed E-state index contributed by atoms with van der Waals surface area (Å²) in [6, 6.07) is 6.95. The standard InChI is InChI=1S/C24H30N6O5/c1-4-5-13-28-20(25)19(21(33)26-23(28)35)27(3)17(31)11-14-29-22(34)15-8-6-7-9-16(15)30-18(32)10-12-24(29,30)2/h6-9H,4-5,10-14,25H2,1-3H3,(H,26,33,35). The van der Waals surface area contributed by atoms with E-state index in [1.54, 1.807) is 34.1 Å². The van der Waals surface area contributed by atoms with Gasteiger partial charge in [-0.3, -0.25) is 33.6 Å². The molecule has 2 aliphatic heterocycles. The molecule has 1 aromatic heterocycles. The molecule has 0 saturated carbocycles. The minimum absolute atomic E-state index is 0.0455. The highest BCUT2D eigenvalue weighted by atomic mass is 16.2.